The lowest BCUT2D eigenvalue weighted by atomic mass is 9.96. The van der Waals surface area contributed by atoms with Gasteiger partial charge in [0.25, 0.3) is 0 Å². The molecular formula is C18H27N3O3. The number of ether oxygens (including phenoxy) is 1. The van der Waals surface area contributed by atoms with Crippen molar-refractivity contribution in [3.05, 3.63) is 29.8 Å². The zero-order valence-corrected chi connectivity index (χ0v) is 14.7. The van der Waals surface area contributed by atoms with Crippen LogP contribution in [0.3, 0.4) is 0 Å². The maximum absolute atomic E-state index is 12.5. The Morgan fingerprint density at radius 2 is 2.08 bits per heavy atom. The molecule has 1 fully saturated rings. The summed E-state index contributed by atoms with van der Waals surface area (Å²) in [4.78, 5) is 26.5. The van der Waals surface area contributed by atoms with Gasteiger partial charge in [0.2, 0.25) is 11.8 Å². The van der Waals surface area contributed by atoms with Crippen LogP contribution in [0.25, 0.3) is 0 Å². The molecule has 2 unspecified atom stereocenters. The molecule has 1 heterocycles. The number of likely N-dealkylation sites (tertiary alicyclic amines) is 1. The molecule has 1 aliphatic heterocycles. The van der Waals surface area contributed by atoms with Gasteiger partial charge in [0, 0.05) is 13.1 Å². The molecular weight excluding hydrogens is 306 g/mol. The zero-order chi connectivity index (χ0) is 17.7. The van der Waals surface area contributed by atoms with Crippen LogP contribution in [0.1, 0.15) is 38.7 Å². The van der Waals surface area contributed by atoms with Gasteiger partial charge in [0.1, 0.15) is 11.8 Å². The highest BCUT2D eigenvalue weighted by molar-refractivity contribution is 5.92. The van der Waals surface area contributed by atoms with Gasteiger partial charge in [-0.1, -0.05) is 25.5 Å². The molecule has 0 aromatic heterocycles. The van der Waals surface area contributed by atoms with E-state index in [0.29, 0.717) is 25.9 Å². The molecule has 2 atom stereocenters. The minimum absolute atomic E-state index is 0.0496. The lowest BCUT2D eigenvalue weighted by Crippen LogP contribution is -2.55. The highest BCUT2D eigenvalue weighted by Crippen LogP contribution is 2.18. The van der Waals surface area contributed by atoms with E-state index in [1.807, 2.05) is 31.2 Å². The molecule has 0 aliphatic carbocycles. The first kappa shape index (κ1) is 18.3. The van der Waals surface area contributed by atoms with Crippen LogP contribution < -0.4 is 15.8 Å². The summed E-state index contributed by atoms with van der Waals surface area (Å²) in [6, 6.07) is 7.15. The lowest BCUT2D eigenvalue weighted by Gasteiger charge is -2.25. The van der Waals surface area contributed by atoms with E-state index < -0.39 is 11.6 Å². The predicted molar refractivity (Wildman–Crippen MR) is 92.5 cm³/mol. The van der Waals surface area contributed by atoms with Crippen LogP contribution in [-0.4, -0.2) is 41.9 Å². The molecule has 0 radical (unpaired) electrons. The van der Waals surface area contributed by atoms with E-state index in [9.17, 15) is 9.59 Å². The first-order chi connectivity index (χ1) is 11.4. The summed E-state index contributed by atoms with van der Waals surface area (Å²) in [5, 5.41) is 2.81. The molecule has 132 valence electrons. The second kappa shape index (κ2) is 7.66. The van der Waals surface area contributed by atoms with Crippen LogP contribution in [0, 0.1) is 0 Å². The van der Waals surface area contributed by atoms with E-state index in [2.05, 4.69) is 5.32 Å². The molecule has 0 spiro atoms. The maximum Gasteiger partial charge on any atom is 0.245 e. The van der Waals surface area contributed by atoms with Crippen LogP contribution >= 0.6 is 0 Å². The molecule has 3 N–H and O–H groups in total. The number of carbonyl (C=O) groups excluding carboxylic acids is 2. The number of methoxy groups -OCH3 is 1. The lowest BCUT2D eigenvalue weighted by molar-refractivity contribution is -0.134. The Hall–Kier alpha value is -2.08. The molecule has 6 nitrogen and oxygen atoms in total. The number of benzene rings is 1. The summed E-state index contributed by atoms with van der Waals surface area (Å²) >= 11 is 0. The number of rotatable bonds is 7. The van der Waals surface area contributed by atoms with Crippen molar-refractivity contribution in [2.75, 3.05) is 13.7 Å². The molecule has 0 saturated carbocycles. The molecule has 1 aromatic rings. The number of carbonyl (C=O) groups is 2. The first-order valence-corrected chi connectivity index (χ1v) is 8.39. The van der Waals surface area contributed by atoms with Crippen molar-refractivity contribution in [3.63, 3.8) is 0 Å². The van der Waals surface area contributed by atoms with Gasteiger partial charge in [-0.05, 0) is 37.5 Å². The third-order valence-electron chi connectivity index (χ3n) is 4.42. The van der Waals surface area contributed by atoms with Crippen molar-refractivity contribution >= 4 is 11.8 Å². The average molecular weight is 333 g/mol. The van der Waals surface area contributed by atoms with Gasteiger partial charge in [-0.15, -0.1) is 0 Å². The van der Waals surface area contributed by atoms with Crippen molar-refractivity contribution in [1.29, 1.82) is 0 Å². The fourth-order valence-electron chi connectivity index (χ4n) is 2.94. The van der Waals surface area contributed by atoms with Crippen molar-refractivity contribution in [1.82, 2.24) is 10.2 Å². The standard InChI is InChI=1S/C18H27N3O3/c1-4-10-18(2,19)17(23)20-15-9-11-21(16(15)22)12-13-5-7-14(24-3)8-6-13/h5-8,15H,4,9-12,19H2,1-3H3,(H,20,23). The summed E-state index contributed by atoms with van der Waals surface area (Å²) in [7, 11) is 1.62. The third-order valence-corrected chi connectivity index (χ3v) is 4.42. The Balaban J connectivity index is 1.93. The van der Waals surface area contributed by atoms with Crippen LogP contribution in [0.15, 0.2) is 24.3 Å². The highest BCUT2D eigenvalue weighted by atomic mass is 16.5. The Kier molecular flexibility index (Phi) is 5.83. The van der Waals surface area contributed by atoms with Gasteiger partial charge in [0.05, 0.1) is 12.6 Å². The SMILES string of the molecule is CCCC(C)(N)C(=O)NC1CCN(Cc2ccc(OC)cc2)C1=O. The van der Waals surface area contributed by atoms with E-state index in [-0.39, 0.29) is 11.8 Å². The van der Waals surface area contributed by atoms with Gasteiger partial charge in [0.15, 0.2) is 0 Å². The number of hydrogen-bond acceptors (Lipinski definition) is 4. The largest absolute Gasteiger partial charge is 0.497 e. The summed E-state index contributed by atoms with van der Waals surface area (Å²) < 4.78 is 5.13. The maximum atomic E-state index is 12.5. The number of nitrogens with two attached hydrogens (primary N) is 1. The molecule has 1 saturated heterocycles. The van der Waals surface area contributed by atoms with Crippen LogP contribution in [0.4, 0.5) is 0 Å². The fourth-order valence-corrected chi connectivity index (χ4v) is 2.94. The Labute approximate surface area is 143 Å². The van der Waals surface area contributed by atoms with E-state index in [1.54, 1.807) is 18.9 Å². The third kappa shape index (κ3) is 4.26. The topological polar surface area (TPSA) is 84.7 Å². The van der Waals surface area contributed by atoms with E-state index >= 15 is 0 Å². The van der Waals surface area contributed by atoms with Gasteiger partial charge in [-0.25, -0.2) is 0 Å². The van der Waals surface area contributed by atoms with Gasteiger partial charge < -0.3 is 20.7 Å². The van der Waals surface area contributed by atoms with Crippen LogP contribution in [0.2, 0.25) is 0 Å². The summed E-state index contributed by atoms with van der Waals surface area (Å²) in [6.45, 7) is 4.85. The van der Waals surface area contributed by atoms with E-state index in [0.717, 1.165) is 17.7 Å². The summed E-state index contributed by atoms with van der Waals surface area (Å²) in [6.07, 6.45) is 2.03. The Morgan fingerprint density at radius 3 is 2.67 bits per heavy atom. The van der Waals surface area contributed by atoms with Crippen molar-refractivity contribution in [3.8, 4) is 5.75 Å². The molecule has 6 heteroatoms. The highest BCUT2D eigenvalue weighted by Gasteiger charge is 2.36. The van der Waals surface area contributed by atoms with Crippen LogP contribution in [-0.2, 0) is 16.1 Å². The molecule has 1 aromatic carbocycles. The van der Waals surface area contributed by atoms with E-state index in [1.165, 1.54) is 0 Å². The molecule has 1 aliphatic rings. The first-order valence-electron chi connectivity index (χ1n) is 8.39. The fraction of sp³-hybridized carbons (Fsp3) is 0.556. The monoisotopic (exact) mass is 333 g/mol. The zero-order valence-electron chi connectivity index (χ0n) is 14.7. The van der Waals surface area contributed by atoms with Crippen molar-refractivity contribution < 1.29 is 14.3 Å². The minimum Gasteiger partial charge on any atom is -0.497 e. The van der Waals surface area contributed by atoms with Crippen molar-refractivity contribution in [2.45, 2.75) is 51.2 Å². The molecule has 2 rings (SSSR count). The minimum atomic E-state index is -0.932. The molecule has 2 amide bonds. The van der Waals surface area contributed by atoms with Gasteiger partial charge in [-0.3, -0.25) is 9.59 Å². The quantitative estimate of drug-likeness (QED) is 0.790. The number of nitrogens with zero attached hydrogens (tertiary/aromatic N) is 1. The summed E-state index contributed by atoms with van der Waals surface area (Å²) in [5.41, 5.74) is 6.13. The van der Waals surface area contributed by atoms with Crippen LogP contribution in [0.5, 0.6) is 5.75 Å². The number of hydrogen-bond donors (Lipinski definition) is 2. The second-order valence-electron chi connectivity index (χ2n) is 6.59. The average Bonchev–Trinajstić information content (AvgIpc) is 2.89. The van der Waals surface area contributed by atoms with Gasteiger partial charge >= 0.3 is 0 Å². The normalized spacial score (nSPS) is 19.9. The van der Waals surface area contributed by atoms with Gasteiger partial charge in [-0.2, -0.15) is 0 Å². The van der Waals surface area contributed by atoms with Crippen molar-refractivity contribution in [2.24, 2.45) is 5.73 Å². The Bertz CT molecular complexity index is 584. The Morgan fingerprint density at radius 1 is 1.42 bits per heavy atom. The smallest absolute Gasteiger partial charge is 0.245 e. The summed E-state index contributed by atoms with van der Waals surface area (Å²) in [5.74, 6) is 0.482. The molecule has 0 bridgehead atoms. The molecule has 24 heavy (non-hydrogen) atoms. The predicted octanol–water partition coefficient (Wildman–Crippen LogP) is 1.43. The van der Waals surface area contributed by atoms with E-state index in [4.69, 9.17) is 10.5 Å². The number of nitrogens with one attached hydrogen (secondary N) is 1. The second-order valence-corrected chi connectivity index (χ2v) is 6.59. The number of amides is 2.